The number of ketones is 1. The van der Waals surface area contributed by atoms with Crippen LogP contribution < -0.4 is 4.18 Å². The molecule has 7 heteroatoms. The summed E-state index contributed by atoms with van der Waals surface area (Å²) in [6, 6.07) is 3.20. The molecule has 0 aromatic heterocycles. The van der Waals surface area contributed by atoms with Gasteiger partial charge in [0.1, 0.15) is 5.78 Å². The van der Waals surface area contributed by atoms with Gasteiger partial charge in [0.05, 0.1) is 0 Å². The van der Waals surface area contributed by atoms with Gasteiger partial charge >= 0.3 is 10.4 Å². The zero-order valence-electron chi connectivity index (χ0n) is 14.1. The molecule has 136 valence electrons. The average Bonchev–Trinajstić information content (AvgIpc) is 2.84. The zero-order valence-corrected chi connectivity index (χ0v) is 14.9. The third-order valence-corrected chi connectivity index (χ3v) is 7.14. The summed E-state index contributed by atoms with van der Waals surface area (Å²) in [6.45, 7) is 2.11. The highest BCUT2D eigenvalue weighted by molar-refractivity contribution is 7.81. The largest absolute Gasteiger partial charge is 0.504 e. The number of phenolic OH excluding ortho intramolecular Hbond substituents is 1. The van der Waals surface area contributed by atoms with Gasteiger partial charge in [-0.1, -0.05) is 13.0 Å². The molecule has 0 aliphatic heterocycles. The number of phenols is 1. The zero-order chi connectivity index (χ0) is 18.0. The Balaban J connectivity index is 1.70. The van der Waals surface area contributed by atoms with E-state index in [1.54, 1.807) is 6.07 Å². The Hall–Kier alpha value is -1.60. The van der Waals surface area contributed by atoms with Crippen LogP contribution in [0.4, 0.5) is 0 Å². The van der Waals surface area contributed by atoms with Crippen molar-refractivity contribution in [3.8, 4) is 11.5 Å². The smallest absolute Gasteiger partial charge is 0.446 e. The van der Waals surface area contributed by atoms with Gasteiger partial charge in [0.15, 0.2) is 11.5 Å². The summed E-state index contributed by atoms with van der Waals surface area (Å²) in [5.41, 5.74) is 1.53. The monoisotopic (exact) mass is 366 g/mol. The van der Waals surface area contributed by atoms with Gasteiger partial charge in [0, 0.05) is 17.4 Å². The Kier molecular flexibility index (Phi) is 3.67. The number of hydrogen-bond donors (Lipinski definition) is 2. The number of carbonyl (C=O) groups is 1. The van der Waals surface area contributed by atoms with E-state index in [4.69, 9.17) is 4.55 Å². The molecule has 0 spiro atoms. The maximum atomic E-state index is 12.3. The second kappa shape index (κ2) is 5.45. The fourth-order valence-corrected chi connectivity index (χ4v) is 5.94. The normalized spacial score (nSPS) is 34.2. The van der Waals surface area contributed by atoms with Crippen molar-refractivity contribution in [2.45, 2.75) is 51.4 Å². The van der Waals surface area contributed by atoms with Gasteiger partial charge in [-0.2, -0.15) is 8.42 Å². The first-order valence-electron chi connectivity index (χ1n) is 8.75. The summed E-state index contributed by atoms with van der Waals surface area (Å²) in [4.78, 5) is 12.3. The molecule has 4 atom stereocenters. The van der Waals surface area contributed by atoms with E-state index < -0.39 is 10.4 Å². The first kappa shape index (κ1) is 16.8. The van der Waals surface area contributed by atoms with Gasteiger partial charge in [-0.3, -0.25) is 9.35 Å². The fourth-order valence-electron chi connectivity index (χ4n) is 5.58. The van der Waals surface area contributed by atoms with Crippen LogP contribution in [-0.4, -0.2) is 23.9 Å². The first-order valence-corrected chi connectivity index (χ1v) is 10.1. The average molecular weight is 366 g/mol. The maximum absolute atomic E-state index is 12.3. The highest BCUT2D eigenvalue weighted by Gasteiger charge is 2.54. The van der Waals surface area contributed by atoms with Crippen LogP contribution >= 0.6 is 0 Å². The van der Waals surface area contributed by atoms with E-state index >= 15 is 0 Å². The van der Waals surface area contributed by atoms with E-state index in [2.05, 4.69) is 11.1 Å². The molecule has 6 nitrogen and oxygen atoms in total. The molecule has 4 rings (SSSR count). The highest BCUT2D eigenvalue weighted by atomic mass is 32.3. The minimum absolute atomic E-state index is 0.200. The van der Waals surface area contributed by atoms with E-state index in [1.807, 2.05) is 0 Å². The van der Waals surface area contributed by atoms with Crippen molar-refractivity contribution in [2.24, 2.45) is 17.3 Å². The number of Topliss-reactive ketones (excluding diaryl/α,β-unsaturated/α-hetero) is 1. The minimum atomic E-state index is -4.67. The van der Waals surface area contributed by atoms with Gasteiger partial charge in [0.25, 0.3) is 0 Å². The van der Waals surface area contributed by atoms with Crippen LogP contribution in [0, 0.1) is 17.3 Å². The van der Waals surface area contributed by atoms with Crippen LogP contribution in [0.5, 0.6) is 11.5 Å². The fraction of sp³-hybridized carbons (Fsp3) is 0.611. The van der Waals surface area contributed by atoms with Gasteiger partial charge in [0.2, 0.25) is 0 Å². The molecule has 3 aliphatic rings. The van der Waals surface area contributed by atoms with Gasteiger partial charge < -0.3 is 9.29 Å². The highest BCUT2D eigenvalue weighted by Crippen LogP contribution is 2.60. The molecule has 2 saturated carbocycles. The molecule has 3 unspecified atom stereocenters. The van der Waals surface area contributed by atoms with Crippen molar-refractivity contribution >= 4 is 16.2 Å². The summed E-state index contributed by atoms with van der Waals surface area (Å²) in [5, 5.41) is 10.4. The van der Waals surface area contributed by atoms with Crippen molar-refractivity contribution in [3.05, 3.63) is 23.3 Å². The molecule has 1 aromatic rings. The molecular weight excluding hydrogens is 344 g/mol. The molecule has 0 amide bonds. The van der Waals surface area contributed by atoms with Crippen molar-refractivity contribution in [2.75, 3.05) is 0 Å². The third-order valence-electron chi connectivity index (χ3n) is 6.75. The molecule has 2 fully saturated rings. The van der Waals surface area contributed by atoms with Crippen molar-refractivity contribution in [1.82, 2.24) is 0 Å². The second-order valence-electron chi connectivity index (χ2n) is 7.82. The summed E-state index contributed by atoms with van der Waals surface area (Å²) >= 11 is 0. The quantitative estimate of drug-likeness (QED) is 0.780. The molecule has 3 aliphatic carbocycles. The molecule has 25 heavy (non-hydrogen) atoms. The lowest BCUT2D eigenvalue weighted by molar-refractivity contribution is -0.129. The first-order chi connectivity index (χ1) is 11.7. The van der Waals surface area contributed by atoms with Crippen LogP contribution in [-0.2, 0) is 21.6 Å². The molecular formula is C18H22O6S. The van der Waals surface area contributed by atoms with Crippen LogP contribution in [0.1, 0.15) is 56.1 Å². The van der Waals surface area contributed by atoms with E-state index in [-0.39, 0.29) is 22.8 Å². The van der Waals surface area contributed by atoms with Gasteiger partial charge in [-0.25, -0.2) is 0 Å². The summed E-state index contributed by atoms with van der Waals surface area (Å²) in [5.74, 6) is 1.04. The van der Waals surface area contributed by atoms with Crippen molar-refractivity contribution in [3.63, 3.8) is 0 Å². The Labute approximate surface area is 147 Å². The van der Waals surface area contributed by atoms with Gasteiger partial charge in [-0.05, 0) is 61.5 Å². The molecule has 1 aromatic carbocycles. The summed E-state index contributed by atoms with van der Waals surface area (Å²) in [6.07, 6.45) is 4.86. The topological polar surface area (TPSA) is 101 Å². The Bertz CT molecular complexity index is 845. The lowest BCUT2D eigenvalue weighted by atomic mass is 9.55. The number of carbonyl (C=O) groups excluding carboxylic acids is 1. The Morgan fingerprint density at radius 2 is 1.96 bits per heavy atom. The predicted molar refractivity (Wildman–Crippen MR) is 89.9 cm³/mol. The maximum Gasteiger partial charge on any atom is 0.446 e. The SMILES string of the molecule is C[C@@]12CCC3c4ccc(OS(=O)(=O)O)c(O)c4CCC3C1CCC2=O. The minimum Gasteiger partial charge on any atom is -0.504 e. The second-order valence-corrected chi connectivity index (χ2v) is 8.85. The summed E-state index contributed by atoms with van der Waals surface area (Å²) < 4.78 is 35.2. The number of hydrogen-bond acceptors (Lipinski definition) is 5. The predicted octanol–water partition coefficient (Wildman–Crippen LogP) is 3.00. The van der Waals surface area contributed by atoms with Crippen molar-refractivity contribution in [1.29, 1.82) is 0 Å². The molecule has 0 heterocycles. The van der Waals surface area contributed by atoms with E-state index in [9.17, 15) is 18.3 Å². The number of aromatic hydroxyl groups is 1. The van der Waals surface area contributed by atoms with Crippen LogP contribution in [0.25, 0.3) is 0 Å². The van der Waals surface area contributed by atoms with Crippen LogP contribution in [0.15, 0.2) is 12.1 Å². The van der Waals surface area contributed by atoms with E-state index in [1.165, 1.54) is 6.07 Å². The molecule has 0 radical (unpaired) electrons. The molecule has 0 bridgehead atoms. The number of benzene rings is 1. The number of rotatable bonds is 2. The van der Waals surface area contributed by atoms with E-state index in [0.717, 1.165) is 31.2 Å². The lowest BCUT2D eigenvalue weighted by Crippen LogP contribution is -2.42. The lowest BCUT2D eigenvalue weighted by Gasteiger charge is -2.48. The molecule has 0 saturated heterocycles. The van der Waals surface area contributed by atoms with Gasteiger partial charge in [-0.15, -0.1) is 0 Å². The van der Waals surface area contributed by atoms with Crippen LogP contribution in [0.3, 0.4) is 0 Å². The third kappa shape index (κ3) is 2.56. The van der Waals surface area contributed by atoms with E-state index in [0.29, 0.717) is 36.0 Å². The standard InChI is InChI=1S/C18H22O6S/c1-18-9-8-11-10-4-6-15(24-25(21,22)23)17(20)13(10)3-2-12(11)14(18)5-7-16(18)19/h4,6,11-12,14,20H,2-3,5,7-9H2,1H3,(H,21,22,23)/t11?,12?,14?,18-/m1/s1. The Morgan fingerprint density at radius 3 is 2.68 bits per heavy atom. The Morgan fingerprint density at radius 1 is 1.20 bits per heavy atom. The number of fused-ring (bicyclic) bond motifs is 5. The molecule has 2 N–H and O–H groups in total. The van der Waals surface area contributed by atoms with Crippen molar-refractivity contribution < 1.29 is 27.1 Å². The summed E-state index contributed by atoms with van der Waals surface area (Å²) in [7, 11) is -4.67. The van der Waals surface area contributed by atoms with Crippen LogP contribution in [0.2, 0.25) is 0 Å².